The van der Waals surface area contributed by atoms with Gasteiger partial charge in [-0.25, -0.2) is 0 Å². The second-order valence-corrected chi connectivity index (χ2v) is 6.42. The van der Waals surface area contributed by atoms with Crippen LogP contribution < -0.4 is 5.32 Å². The van der Waals surface area contributed by atoms with Crippen LogP contribution in [0.5, 0.6) is 0 Å². The molecule has 0 amide bonds. The van der Waals surface area contributed by atoms with Crippen LogP contribution in [0, 0.1) is 5.92 Å². The van der Waals surface area contributed by atoms with Crippen molar-refractivity contribution in [2.75, 3.05) is 5.32 Å². The Morgan fingerprint density at radius 2 is 1.85 bits per heavy atom. The van der Waals surface area contributed by atoms with Gasteiger partial charge >= 0.3 is 124 Å². The van der Waals surface area contributed by atoms with Crippen LogP contribution in [0.3, 0.4) is 0 Å². The van der Waals surface area contributed by atoms with Crippen LogP contribution in [-0.4, -0.2) is 22.9 Å². The van der Waals surface area contributed by atoms with Gasteiger partial charge in [-0.1, -0.05) is 0 Å². The number of nitrogens with zero attached hydrogens (tertiary/aromatic N) is 2. The summed E-state index contributed by atoms with van der Waals surface area (Å²) in [4.78, 5) is 0. The van der Waals surface area contributed by atoms with Gasteiger partial charge in [0.2, 0.25) is 0 Å². The molecule has 3 nitrogen and oxygen atoms in total. The van der Waals surface area contributed by atoms with Gasteiger partial charge in [0.05, 0.1) is 0 Å². The van der Waals surface area contributed by atoms with Crippen LogP contribution in [0.2, 0.25) is 0 Å². The summed E-state index contributed by atoms with van der Waals surface area (Å²) in [6.07, 6.45) is 2.63. The van der Waals surface area contributed by atoms with Crippen molar-refractivity contribution in [1.82, 2.24) is 7.96 Å². The molecule has 1 aliphatic carbocycles. The second kappa shape index (κ2) is 5.04. The monoisotopic (exact) mass is 329 g/mol. The first-order valence-corrected chi connectivity index (χ1v) is 8.48. The number of hydrogen-bond donors (Lipinski definition) is 1. The molecule has 0 bridgehead atoms. The Morgan fingerprint density at radius 1 is 1.00 bits per heavy atom. The summed E-state index contributed by atoms with van der Waals surface area (Å²) in [5.41, 5.74) is 4.59. The molecule has 1 aromatic heterocycles. The Labute approximate surface area is 124 Å². The minimum atomic E-state index is 0.0297. The summed E-state index contributed by atoms with van der Waals surface area (Å²) in [6.45, 7) is 0. The normalized spacial score (nSPS) is 16.2. The zero-order chi connectivity index (χ0) is 13.4. The molecule has 3 aromatic rings. The van der Waals surface area contributed by atoms with E-state index in [0.717, 1.165) is 22.6 Å². The maximum absolute atomic E-state index is 4.56. The van der Waals surface area contributed by atoms with Crippen molar-refractivity contribution >= 4 is 31.7 Å². The van der Waals surface area contributed by atoms with Crippen LogP contribution in [0.15, 0.2) is 48.5 Å². The van der Waals surface area contributed by atoms with E-state index in [1.807, 2.05) is 6.07 Å². The molecule has 1 fully saturated rings. The molecule has 4 heteroatoms. The minimum absolute atomic E-state index is 0.0297. The molecule has 1 saturated carbocycles. The molecule has 2 aromatic carbocycles. The van der Waals surface area contributed by atoms with Gasteiger partial charge in [0.1, 0.15) is 0 Å². The molecule has 1 N–H and O–H groups in total. The quantitative estimate of drug-likeness (QED) is 0.747. The number of anilines is 1. The first-order chi connectivity index (χ1) is 9.92. The van der Waals surface area contributed by atoms with E-state index in [1.54, 1.807) is 0 Å². The average Bonchev–Trinajstić information content (AvgIpc) is 3.22. The average molecular weight is 328 g/mol. The van der Waals surface area contributed by atoms with E-state index in [-0.39, 0.29) is 15.0 Å². The molecular formula is C16H15N3Se. The van der Waals surface area contributed by atoms with Crippen molar-refractivity contribution in [2.45, 2.75) is 18.9 Å². The summed E-state index contributed by atoms with van der Waals surface area (Å²) in [5, 5.41) is 3.71. The molecule has 1 aliphatic rings. The Hall–Kier alpha value is -1.64. The van der Waals surface area contributed by atoms with Crippen LogP contribution in [0.4, 0.5) is 5.69 Å². The molecule has 1 heterocycles. The molecular weight excluding hydrogens is 313 g/mol. The fraction of sp³-hybridized carbons (Fsp3) is 0.250. The molecule has 0 radical (unpaired) electrons. The fourth-order valence-corrected chi connectivity index (χ4v) is 3.81. The van der Waals surface area contributed by atoms with Crippen LogP contribution in [0.25, 0.3) is 11.0 Å². The summed E-state index contributed by atoms with van der Waals surface area (Å²) in [6, 6.07) is 17.4. The standard InChI is InChI=1S/C16H15N3Se/c1-2-5-11(6-3-1)15(12-9-10-12)17-13-7-4-8-14-16(13)19-20-18-14/h1-8,12,15,17H,9-10H2. The van der Waals surface area contributed by atoms with E-state index in [4.69, 9.17) is 0 Å². The SMILES string of the molecule is c1ccc(C(Nc2cccc3n[se]nc23)C2CC2)cc1. The Balaban J connectivity index is 1.70. The molecule has 4 rings (SSSR count). The third-order valence-electron chi connectivity index (χ3n) is 3.85. The van der Waals surface area contributed by atoms with Crippen molar-refractivity contribution in [1.29, 1.82) is 0 Å². The molecule has 100 valence electrons. The van der Waals surface area contributed by atoms with E-state index in [0.29, 0.717) is 6.04 Å². The van der Waals surface area contributed by atoms with Gasteiger partial charge in [-0.15, -0.1) is 0 Å². The predicted molar refractivity (Wildman–Crippen MR) is 82.0 cm³/mol. The number of rotatable bonds is 4. The van der Waals surface area contributed by atoms with Crippen molar-refractivity contribution in [2.24, 2.45) is 5.92 Å². The summed E-state index contributed by atoms with van der Waals surface area (Å²) in [5.74, 6) is 0.747. The molecule has 1 atom stereocenters. The number of nitrogens with one attached hydrogen (secondary N) is 1. The topological polar surface area (TPSA) is 37.8 Å². The first-order valence-electron chi connectivity index (χ1n) is 6.94. The molecule has 20 heavy (non-hydrogen) atoms. The first kappa shape index (κ1) is 12.1. The Morgan fingerprint density at radius 3 is 2.65 bits per heavy atom. The Kier molecular flexibility index (Phi) is 3.06. The van der Waals surface area contributed by atoms with Gasteiger partial charge in [-0.2, -0.15) is 0 Å². The van der Waals surface area contributed by atoms with Crippen molar-refractivity contribution in [3.8, 4) is 0 Å². The van der Waals surface area contributed by atoms with Gasteiger partial charge in [0, 0.05) is 0 Å². The van der Waals surface area contributed by atoms with Gasteiger partial charge in [-0.3, -0.25) is 0 Å². The van der Waals surface area contributed by atoms with Gasteiger partial charge < -0.3 is 0 Å². The van der Waals surface area contributed by atoms with Crippen LogP contribution in [-0.2, 0) is 0 Å². The number of benzene rings is 2. The number of aromatic nitrogens is 2. The van der Waals surface area contributed by atoms with E-state index in [1.165, 1.54) is 18.4 Å². The van der Waals surface area contributed by atoms with Gasteiger partial charge in [0.25, 0.3) is 0 Å². The predicted octanol–water partition coefficient (Wildman–Crippen LogP) is 3.25. The molecule has 0 saturated heterocycles. The Bertz CT molecular complexity index is 719. The third-order valence-corrected chi connectivity index (χ3v) is 4.99. The van der Waals surface area contributed by atoms with Crippen molar-refractivity contribution < 1.29 is 0 Å². The summed E-state index contributed by atoms with van der Waals surface area (Å²) < 4.78 is 9.02. The van der Waals surface area contributed by atoms with Crippen molar-refractivity contribution in [3.63, 3.8) is 0 Å². The van der Waals surface area contributed by atoms with Gasteiger partial charge in [-0.05, 0) is 0 Å². The van der Waals surface area contributed by atoms with Gasteiger partial charge in [0.15, 0.2) is 0 Å². The van der Waals surface area contributed by atoms with E-state index >= 15 is 0 Å². The number of hydrogen-bond acceptors (Lipinski definition) is 3. The zero-order valence-electron chi connectivity index (χ0n) is 11.0. The summed E-state index contributed by atoms with van der Waals surface area (Å²) >= 11 is 0.0297. The fourth-order valence-electron chi connectivity index (χ4n) is 2.65. The molecule has 0 aliphatic heterocycles. The molecule has 0 spiro atoms. The number of fused-ring (bicyclic) bond motifs is 1. The third kappa shape index (κ3) is 2.26. The van der Waals surface area contributed by atoms with Crippen molar-refractivity contribution in [3.05, 3.63) is 54.1 Å². The van der Waals surface area contributed by atoms with Crippen LogP contribution in [0.1, 0.15) is 24.4 Å². The maximum atomic E-state index is 4.56. The zero-order valence-corrected chi connectivity index (χ0v) is 12.7. The molecule has 1 unspecified atom stereocenters. The second-order valence-electron chi connectivity index (χ2n) is 5.31. The summed E-state index contributed by atoms with van der Waals surface area (Å²) in [7, 11) is 0. The van der Waals surface area contributed by atoms with E-state index < -0.39 is 0 Å². The van der Waals surface area contributed by atoms with E-state index in [2.05, 4.69) is 55.7 Å². The van der Waals surface area contributed by atoms with Crippen LogP contribution >= 0.6 is 0 Å². The van der Waals surface area contributed by atoms with E-state index in [9.17, 15) is 0 Å².